The number of pyridine rings is 1. The second kappa shape index (κ2) is 7.43. The van der Waals surface area contributed by atoms with Gasteiger partial charge in [0.1, 0.15) is 11.5 Å². The number of nitrogen functional groups attached to an aromatic ring is 1. The third-order valence-corrected chi connectivity index (χ3v) is 4.46. The molecule has 0 saturated carbocycles. The largest absolute Gasteiger partial charge is 0.493 e. The van der Waals surface area contributed by atoms with Crippen molar-refractivity contribution in [1.29, 1.82) is 5.41 Å². The molecule has 0 amide bonds. The zero-order valence-electron chi connectivity index (χ0n) is 14.1. The summed E-state index contributed by atoms with van der Waals surface area (Å²) in [6.45, 7) is 0.0875. The Bertz CT molecular complexity index is 1070. The Morgan fingerprint density at radius 1 is 1.25 bits per heavy atom. The van der Waals surface area contributed by atoms with Gasteiger partial charge >= 0.3 is 11.2 Å². The first kappa shape index (κ1) is 19.5. The summed E-state index contributed by atoms with van der Waals surface area (Å²) in [7, 11) is 0. The minimum Gasteiger partial charge on any atom is -0.493 e. The van der Waals surface area contributed by atoms with Crippen LogP contribution in [0.15, 0.2) is 58.5 Å². The Morgan fingerprint density at radius 3 is 2.54 bits per heavy atom. The fraction of sp³-hybridized carbons (Fsp3) is 0.118. The van der Waals surface area contributed by atoms with Crippen LogP contribution in [-0.4, -0.2) is 30.6 Å². The summed E-state index contributed by atoms with van der Waals surface area (Å²) < 4.78 is 39.5. The lowest BCUT2D eigenvalue weighted by molar-refractivity contribution is -0.0328. The Hall–Kier alpha value is -3.21. The normalized spacial score (nSPS) is 11.5. The lowest BCUT2D eigenvalue weighted by atomic mass is 10.2. The van der Waals surface area contributed by atoms with Gasteiger partial charge in [-0.2, -0.15) is 13.2 Å². The molecular formula is C17H14F3N5O2S. The SMILES string of the molecule is N=C(N)c1cc(Cn2cc(O)n(-c3ccc(SC(F)(F)F)cc3)c2=O)ccn1. The lowest BCUT2D eigenvalue weighted by Gasteiger charge is -2.07. The summed E-state index contributed by atoms with van der Waals surface area (Å²) in [6.07, 6.45) is 2.67. The number of nitrogens with two attached hydrogens (primary N) is 1. The topological polar surface area (TPSA) is 110 Å². The number of amidine groups is 1. The van der Waals surface area contributed by atoms with Crippen LogP contribution in [0.25, 0.3) is 5.69 Å². The van der Waals surface area contributed by atoms with E-state index < -0.39 is 11.2 Å². The number of nitrogens with zero attached hydrogens (tertiary/aromatic N) is 3. The Morgan fingerprint density at radius 2 is 1.93 bits per heavy atom. The van der Waals surface area contributed by atoms with Gasteiger partial charge in [0.15, 0.2) is 0 Å². The summed E-state index contributed by atoms with van der Waals surface area (Å²) in [4.78, 5) is 16.5. The van der Waals surface area contributed by atoms with Crippen LogP contribution in [0.2, 0.25) is 0 Å². The van der Waals surface area contributed by atoms with Crippen LogP contribution < -0.4 is 11.4 Å². The molecule has 3 rings (SSSR count). The minimum absolute atomic E-state index is 0.0308. The molecule has 7 nitrogen and oxygen atoms in total. The first-order valence-electron chi connectivity index (χ1n) is 7.81. The number of alkyl halides is 3. The van der Waals surface area contributed by atoms with E-state index in [1.807, 2.05) is 0 Å². The lowest BCUT2D eigenvalue weighted by Crippen LogP contribution is -2.23. The summed E-state index contributed by atoms with van der Waals surface area (Å²) in [6, 6.07) is 8.26. The second-order valence-corrected chi connectivity index (χ2v) is 6.88. The number of benzene rings is 1. The second-order valence-electron chi connectivity index (χ2n) is 5.74. The first-order valence-corrected chi connectivity index (χ1v) is 8.62. The molecule has 146 valence electrons. The van der Waals surface area contributed by atoms with E-state index >= 15 is 0 Å². The van der Waals surface area contributed by atoms with Crippen LogP contribution in [0.3, 0.4) is 0 Å². The van der Waals surface area contributed by atoms with Crippen molar-refractivity contribution in [2.24, 2.45) is 5.73 Å². The van der Waals surface area contributed by atoms with Gasteiger partial charge in [-0.3, -0.25) is 15.0 Å². The summed E-state index contributed by atoms with van der Waals surface area (Å²) >= 11 is -0.265. The number of aromatic nitrogens is 3. The van der Waals surface area contributed by atoms with Crippen molar-refractivity contribution in [2.75, 3.05) is 0 Å². The third-order valence-electron chi connectivity index (χ3n) is 3.72. The Labute approximate surface area is 160 Å². The zero-order chi connectivity index (χ0) is 20.5. The maximum atomic E-state index is 12.6. The number of aromatic hydroxyl groups is 1. The smallest absolute Gasteiger partial charge is 0.446 e. The molecule has 1 aromatic carbocycles. The molecule has 0 aliphatic heterocycles. The van der Waals surface area contributed by atoms with E-state index in [4.69, 9.17) is 11.1 Å². The molecule has 0 spiro atoms. The monoisotopic (exact) mass is 409 g/mol. The number of halogens is 3. The number of nitrogens with one attached hydrogen (secondary N) is 1. The van der Waals surface area contributed by atoms with Crippen molar-refractivity contribution in [1.82, 2.24) is 14.1 Å². The summed E-state index contributed by atoms with van der Waals surface area (Å²) in [5.74, 6) is -0.575. The van der Waals surface area contributed by atoms with Crippen LogP contribution in [0.1, 0.15) is 11.3 Å². The number of imidazole rings is 1. The van der Waals surface area contributed by atoms with Crippen molar-refractivity contribution in [3.05, 3.63) is 70.5 Å². The molecule has 3 aromatic rings. The molecule has 0 aliphatic carbocycles. The maximum absolute atomic E-state index is 12.6. The van der Waals surface area contributed by atoms with E-state index in [2.05, 4.69) is 4.98 Å². The van der Waals surface area contributed by atoms with Gasteiger partial charge < -0.3 is 10.8 Å². The van der Waals surface area contributed by atoms with E-state index in [1.54, 1.807) is 12.1 Å². The maximum Gasteiger partial charge on any atom is 0.446 e. The van der Waals surface area contributed by atoms with E-state index in [9.17, 15) is 23.1 Å². The number of thioether (sulfide) groups is 1. The standard InChI is InChI=1S/C17H14F3N5O2S/c18-17(19,20)28-12-3-1-11(2-4-12)25-14(26)9-24(16(25)27)8-10-5-6-23-13(7-10)15(21)22/h1-7,9,26H,8H2,(H3,21,22). The molecule has 11 heteroatoms. The molecule has 0 aliphatic rings. The van der Waals surface area contributed by atoms with Crippen molar-refractivity contribution >= 4 is 17.6 Å². The van der Waals surface area contributed by atoms with Crippen LogP contribution in [0.4, 0.5) is 13.2 Å². The van der Waals surface area contributed by atoms with Gasteiger partial charge in [-0.05, 0) is 53.7 Å². The highest BCUT2D eigenvalue weighted by Crippen LogP contribution is 2.37. The molecule has 2 aromatic heterocycles. The quantitative estimate of drug-likeness (QED) is 0.341. The highest BCUT2D eigenvalue weighted by Gasteiger charge is 2.29. The molecule has 0 atom stereocenters. The van der Waals surface area contributed by atoms with Gasteiger partial charge in [-0.1, -0.05) is 0 Å². The molecule has 0 saturated heterocycles. The molecule has 4 N–H and O–H groups in total. The molecule has 0 unspecified atom stereocenters. The number of hydrogen-bond acceptors (Lipinski definition) is 5. The van der Waals surface area contributed by atoms with E-state index in [-0.39, 0.29) is 46.3 Å². The summed E-state index contributed by atoms with van der Waals surface area (Å²) in [5.41, 5.74) is 1.53. The zero-order valence-corrected chi connectivity index (χ0v) is 15.0. The fourth-order valence-electron chi connectivity index (χ4n) is 2.55. The van der Waals surface area contributed by atoms with Gasteiger partial charge in [-0.25, -0.2) is 9.36 Å². The predicted molar refractivity (Wildman–Crippen MR) is 98.0 cm³/mol. The third kappa shape index (κ3) is 4.36. The van der Waals surface area contributed by atoms with Gasteiger partial charge in [0.2, 0.25) is 5.88 Å². The predicted octanol–water partition coefficient (Wildman–Crippen LogP) is 2.68. The van der Waals surface area contributed by atoms with Gasteiger partial charge in [0.05, 0.1) is 18.4 Å². The fourth-order valence-corrected chi connectivity index (χ4v) is 3.09. The van der Waals surface area contributed by atoms with Crippen molar-refractivity contribution in [2.45, 2.75) is 16.9 Å². The molecule has 2 heterocycles. The molecule has 0 fully saturated rings. The van der Waals surface area contributed by atoms with E-state index in [0.717, 1.165) is 4.57 Å². The average Bonchev–Trinajstić information content (AvgIpc) is 2.88. The molecular weight excluding hydrogens is 395 g/mol. The molecule has 28 heavy (non-hydrogen) atoms. The summed E-state index contributed by atoms with van der Waals surface area (Å²) in [5, 5.41) is 17.5. The van der Waals surface area contributed by atoms with Crippen LogP contribution >= 0.6 is 11.8 Å². The van der Waals surface area contributed by atoms with E-state index in [1.165, 1.54) is 41.2 Å². The highest BCUT2D eigenvalue weighted by molar-refractivity contribution is 8.00. The Kier molecular flexibility index (Phi) is 5.18. The highest BCUT2D eigenvalue weighted by atomic mass is 32.2. The van der Waals surface area contributed by atoms with Gasteiger partial charge in [-0.15, -0.1) is 0 Å². The van der Waals surface area contributed by atoms with Gasteiger partial charge in [0.25, 0.3) is 0 Å². The van der Waals surface area contributed by atoms with Crippen LogP contribution in [-0.2, 0) is 6.54 Å². The number of rotatable bonds is 5. The number of hydrogen-bond donors (Lipinski definition) is 3. The van der Waals surface area contributed by atoms with Crippen molar-refractivity contribution < 1.29 is 18.3 Å². The minimum atomic E-state index is -4.41. The van der Waals surface area contributed by atoms with Crippen molar-refractivity contribution in [3.63, 3.8) is 0 Å². The van der Waals surface area contributed by atoms with E-state index in [0.29, 0.717) is 5.56 Å². The van der Waals surface area contributed by atoms with Gasteiger partial charge in [0, 0.05) is 11.1 Å². The molecule has 0 radical (unpaired) electrons. The average molecular weight is 409 g/mol. The molecule has 0 bridgehead atoms. The first-order chi connectivity index (χ1) is 13.1. The van der Waals surface area contributed by atoms with Crippen LogP contribution in [0, 0.1) is 5.41 Å². The van der Waals surface area contributed by atoms with Crippen molar-refractivity contribution in [3.8, 4) is 11.6 Å². The van der Waals surface area contributed by atoms with Crippen LogP contribution in [0.5, 0.6) is 5.88 Å². The Balaban J connectivity index is 1.89.